The zero-order valence-electron chi connectivity index (χ0n) is 13.1. The topological polar surface area (TPSA) is 26.3 Å². The van der Waals surface area contributed by atoms with Gasteiger partial charge >= 0.3 is 0 Å². The van der Waals surface area contributed by atoms with Crippen LogP contribution < -0.4 is 4.74 Å². The minimum Gasteiger partial charge on any atom is -0.485 e. The number of carbonyl (C=O) groups excluding carboxylic acids is 1. The Morgan fingerprint density at radius 1 is 1.00 bits per heavy atom. The average molecular weight is 282 g/mol. The Hall–Kier alpha value is -2.09. The van der Waals surface area contributed by atoms with Gasteiger partial charge in [0.15, 0.2) is 12.4 Å². The summed E-state index contributed by atoms with van der Waals surface area (Å²) in [6.45, 7) is 8.42. The van der Waals surface area contributed by atoms with Crippen molar-refractivity contribution in [1.82, 2.24) is 0 Å². The van der Waals surface area contributed by atoms with Crippen LogP contribution in [0.25, 0.3) is 0 Å². The molecule has 0 heterocycles. The Balaban J connectivity index is 2.05. The fourth-order valence-corrected chi connectivity index (χ4v) is 2.16. The molecule has 2 nitrogen and oxygen atoms in total. The molecule has 0 bridgehead atoms. The molecule has 0 fully saturated rings. The molecule has 0 spiro atoms. The number of Topliss-reactive ketones (excluding diaryl/α,β-unsaturated/α-hetero) is 1. The summed E-state index contributed by atoms with van der Waals surface area (Å²) in [5, 5.41) is 0. The van der Waals surface area contributed by atoms with E-state index in [1.165, 1.54) is 5.56 Å². The largest absolute Gasteiger partial charge is 0.485 e. The first kappa shape index (κ1) is 15.3. The fourth-order valence-electron chi connectivity index (χ4n) is 2.16. The van der Waals surface area contributed by atoms with Crippen molar-refractivity contribution in [2.24, 2.45) is 0 Å². The first-order valence-corrected chi connectivity index (χ1v) is 7.30. The van der Waals surface area contributed by atoms with E-state index in [4.69, 9.17) is 4.74 Å². The van der Waals surface area contributed by atoms with Gasteiger partial charge in [-0.3, -0.25) is 4.79 Å². The van der Waals surface area contributed by atoms with Gasteiger partial charge in [-0.05, 0) is 43.0 Å². The molecular weight excluding hydrogens is 260 g/mol. The summed E-state index contributed by atoms with van der Waals surface area (Å²) in [5.41, 5.74) is 4.22. The lowest BCUT2D eigenvalue weighted by Gasteiger charge is -2.11. The van der Waals surface area contributed by atoms with E-state index in [0.717, 1.165) is 16.9 Å². The molecule has 2 aromatic carbocycles. The second-order valence-electron chi connectivity index (χ2n) is 5.81. The molecule has 21 heavy (non-hydrogen) atoms. The first-order valence-electron chi connectivity index (χ1n) is 7.30. The third kappa shape index (κ3) is 4.19. The molecule has 0 amide bonds. The first-order chi connectivity index (χ1) is 9.95. The smallest absolute Gasteiger partial charge is 0.200 e. The van der Waals surface area contributed by atoms with Crippen molar-refractivity contribution in [1.29, 1.82) is 0 Å². The summed E-state index contributed by atoms with van der Waals surface area (Å²) < 4.78 is 5.67. The minimum absolute atomic E-state index is 0.00241. The van der Waals surface area contributed by atoms with Crippen LogP contribution in [0.2, 0.25) is 0 Å². The van der Waals surface area contributed by atoms with E-state index >= 15 is 0 Å². The van der Waals surface area contributed by atoms with Crippen LogP contribution in [0, 0.1) is 13.8 Å². The van der Waals surface area contributed by atoms with Gasteiger partial charge in [0, 0.05) is 5.56 Å². The SMILES string of the molecule is Cc1ccc(C(=O)COc2cc(C)cc(C(C)C)c2)cc1. The highest BCUT2D eigenvalue weighted by atomic mass is 16.5. The molecule has 2 heteroatoms. The quantitative estimate of drug-likeness (QED) is 0.744. The molecule has 0 saturated heterocycles. The Morgan fingerprint density at radius 2 is 1.67 bits per heavy atom. The number of carbonyl (C=O) groups is 1. The van der Waals surface area contributed by atoms with E-state index in [2.05, 4.69) is 19.9 Å². The maximum absolute atomic E-state index is 12.1. The Bertz CT molecular complexity index is 625. The lowest BCUT2D eigenvalue weighted by Crippen LogP contribution is -2.11. The summed E-state index contributed by atoms with van der Waals surface area (Å²) in [7, 11) is 0. The Kier molecular flexibility index (Phi) is 4.79. The number of benzene rings is 2. The number of hydrogen-bond donors (Lipinski definition) is 0. The number of ether oxygens (including phenoxy) is 1. The molecule has 0 N–H and O–H groups in total. The van der Waals surface area contributed by atoms with Crippen molar-refractivity contribution in [3.63, 3.8) is 0 Å². The number of ketones is 1. The van der Waals surface area contributed by atoms with Crippen LogP contribution >= 0.6 is 0 Å². The molecule has 0 aliphatic carbocycles. The standard InChI is InChI=1S/C19H22O2/c1-13(2)17-9-15(4)10-18(11-17)21-12-19(20)16-7-5-14(3)6-8-16/h5-11,13H,12H2,1-4H3. The van der Waals surface area contributed by atoms with Gasteiger partial charge in [0.1, 0.15) is 5.75 Å². The monoisotopic (exact) mass is 282 g/mol. The molecule has 0 aliphatic rings. The van der Waals surface area contributed by atoms with Gasteiger partial charge in [0.05, 0.1) is 0 Å². The lowest BCUT2D eigenvalue weighted by atomic mass is 10.0. The van der Waals surface area contributed by atoms with Crippen LogP contribution in [0.4, 0.5) is 0 Å². The van der Waals surface area contributed by atoms with Crippen molar-refractivity contribution in [2.75, 3.05) is 6.61 Å². The third-order valence-electron chi connectivity index (χ3n) is 3.48. The average Bonchev–Trinajstić information content (AvgIpc) is 2.45. The maximum Gasteiger partial charge on any atom is 0.200 e. The molecule has 0 aromatic heterocycles. The van der Waals surface area contributed by atoms with Crippen molar-refractivity contribution >= 4 is 5.78 Å². The molecule has 2 rings (SSSR count). The number of aryl methyl sites for hydroxylation is 2. The van der Waals surface area contributed by atoms with Gasteiger partial charge in [-0.25, -0.2) is 0 Å². The minimum atomic E-state index is 0.00241. The van der Waals surface area contributed by atoms with Gasteiger partial charge in [-0.1, -0.05) is 49.7 Å². The van der Waals surface area contributed by atoms with Crippen LogP contribution in [0.15, 0.2) is 42.5 Å². The second kappa shape index (κ2) is 6.57. The molecule has 0 aliphatic heterocycles. The van der Waals surface area contributed by atoms with Gasteiger partial charge in [-0.15, -0.1) is 0 Å². The predicted octanol–water partition coefficient (Wildman–Crippen LogP) is 4.69. The summed E-state index contributed by atoms with van der Waals surface area (Å²) in [4.78, 5) is 12.1. The van der Waals surface area contributed by atoms with Gasteiger partial charge in [0.25, 0.3) is 0 Å². The summed E-state index contributed by atoms with van der Waals surface area (Å²) in [6.07, 6.45) is 0. The zero-order chi connectivity index (χ0) is 15.4. The fraction of sp³-hybridized carbons (Fsp3) is 0.316. The third-order valence-corrected chi connectivity index (χ3v) is 3.48. The Labute approximate surface area is 126 Å². The van der Waals surface area contributed by atoms with Crippen molar-refractivity contribution in [3.05, 3.63) is 64.7 Å². The highest BCUT2D eigenvalue weighted by Gasteiger charge is 2.08. The maximum atomic E-state index is 12.1. The summed E-state index contributed by atoms with van der Waals surface area (Å²) in [5.74, 6) is 1.21. The summed E-state index contributed by atoms with van der Waals surface area (Å²) >= 11 is 0. The number of hydrogen-bond acceptors (Lipinski definition) is 2. The Morgan fingerprint density at radius 3 is 2.29 bits per heavy atom. The molecule has 0 radical (unpaired) electrons. The van der Waals surface area contributed by atoms with E-state index in [1.807, 2.05) is 50.2 Å². The number of rotatable bonds is 5. The van der Waals surface area contributed by atoms with E-state index in [0.29, 0.717) is 11.5 Å². The molecule has 0 saturated carbocycles. The van der Waals surface area contributed by atoms with Crippen molar-refractivity contribution in [3.8, 4) is 5.75 Å². The predicted molar refractivity (Wildman–Crippen MR) is 86.3 cm³/mol. The van der Waals surface area contributed by atoms with Crippen molar-refractivity contribution in [2.45, 2.75) is 33.6 Å². The van der Waals surface area contributed by atoms with Crippen molar-refractivity contribution < 1.29 is 9.53 Å². The summed E-state index contributed by atoms with van der Waals surface area (Å²) in [6, 6.07) is 13.7. The zero-order valence-corrected chi connectivity index (χ0v) is 13.1. The molecule has 2 aromatic rings. The van der Waals surface area contributed by atoms with Crippen LogP contribution in [0.3, 0.4) is 0 Å². The molecule has 110 valence electrons. The van der Waals surface area contributed by atoms with Crippen LogP contribution in [0.1, 0.15) is 46.8 Å². The molecule has 0 unspecified atom stereocenters. The van der Waals surface area contributed by atoms with Crippen LogP contribution in [0.5, 0.6) is 5.75 Å². The van der Waals surface area contributed by atoms with E-state index in [9.17, 15) is 4.79 Å². The van der Waals surface area contributed by atoms with Crippen LogP contribution in [-0.4, -0.2) is 12.4 Å². The van der Waals surface area contributed by atoms with Crippen LogP contribution in [-0.2, 0) is 0 Å². The lowest BCUT2D eigenvalue weighted by molar-refractivity contribution is 0.0921. The molecular formula is C19H22O2. The highest BCUT2D eigenvalue weighted by Crippen LogP contribution is 2.23. The normalized spacial score (nSPS) is 10.7. The van der Waals surface area contributed by atoms with Gasteiger partial charge in [-0.2, -0.15) is 0 Å². The second-order valence-corrected chi connectivity index (χ2v) is 5.81. The molecule has 0 atom stereocenters. The van der Waals surface area contributed by atoms with E-state index in [-0.39, 0.29) is 12.4 Å². The van der Waals surface area contributed by atoms with Gasteiger partial charge in [0.2, 0.25) is 0 Å². The van der Waals surface area contributed by atoms with E-state index in [1.54, 1.807) is 0 Å². The van der Waals surface area contributed by atoms with E-state index < -0.39 is 0 Å². The highest BCUT2D eigenvalue weighted by molar-refractivity contribution is 5.97. The van der Waals surface area contributed by atoms with Gasteiger partial charge < -0.3 is 4.74 Å².